The van der Waals surface area contributed by atoms with Crippen LogP contribution in [0.15, 0.2) is 59.0 Å². The van der Waals surface area contributed by atoms with E-state index in [4.69, 9.17) is 18.6 Å². The largest absolute Gasteiger partial charge is 0.493 e. The second-order valence-corrected chi connectivity index (χ2v) is 11.1. The van der Waals surface area contributed by atoms with Crippen molar-refractivity contribution in [3.05, 3.63) is 71.6 Å². The molecule has 184 valence electrons. The Morgan fingerprint density at radius 2 is 1.92 bits per heavy atom. The van der Waals surface area contributed by atoms with E-state index in [0.717, 1.165) is 42.9 Å². The number of aromatic nitrogens is 2. The maximum Gasteiger partial charge on any atom is 0.247 e. The van der Waals surface area contributed by atoms with Crippen LogP contribution in [0, 0.1) is 5.41 Å². The Labute approximate surface area is 210 Å². The fourth-order valence-electron chi connectivity index (χ4n) is 8.56. The highest BCUT2D eigenvalue weighted by atomic mass is 16.6. The average Bonchev–Trinajstić information content (AvgIpc) is 3.55. The first-order valence-electron chi connectivity index (χ1n) is 12.8. The van der Waals surface area contributed by atoms with Gasteiger partial charge in [-0.1, -0.05) is 36.4 Å². The van der Waals surface area contributed by atoms with E-state index in [1.807, 2.05) is 30.3 Å². The third-order valence-corrected chi connectivity index (χ3v) is 10.0. The molecular weight excluding hydrogens is 454 g/mol. The first-order valence-corrected chi connectivity index (χ1v) is 12.8. The van der Waals surface area contributed by atoms with Crippen molar-refractivity contribution in [2.45, 2.75) is 48.3 Å². The van der Waals surface area contributed by atoms with Gasteiger partial charge in [0.05, 0.1) is 18.4 Å². The molecule has 0 unspecified atom stereocenters. The molecule has 1 saturated carbocycles. The van der Waals surface area contributed by atoms with Gasteiger partial charge in [0, 0.05) is 29.7 Å². The first-order chi connectivity index (χ1) is 17.6. The van der Waals surface area contributed by atoms with Crippen LogP contribution in [0.2, 0.25) is 0 Å². The van der Waals surface area contributed by atoms with E-state index in [-0.39, 0.29) is 22.9 Å². The number of likely N-dealkylation sites (tertiary alicyclic amines) is 1. The molecule has 2 aliphatic heterocycles. The minimum absolute atomic E-state index is 0.119. The van der Waals surface area contributed by atoms with Crippen LogP contribution in [0.25, 0.3) is 11.5 Å². The van der Waals surface area contributed by atoms with Gasteiger partial charge in [-0.25, -0.2) is 0 Å². The minimum atomic E-state index is -0.721. The van der Waals surface area contributed by atoms with Gasteiger partial charge in [0.25, 0.3) is 0 Å². The van der Waals surface area contributed by atoms with Crippen molar-refractivity contribution in [1.82, 2.24) is 15.1 Å². The minimum Gasteiger partial charge on any atom is -0.493 e. The highest BCUT2D eigenvalue weighted by Gasteiger charge is 2.79. The van der Waals surface area contributed by atoms with E-state index in [0.29, 0.717) is 17.8 Å². The third-order valence-electron chi connectivity index (χ3n) is 10.0. The summed E-state index contributed by atoms with van der Waals surface area (Å²) in [5.74, 6) is 2.74. The number of likely N-dealkylation sites (N-methyl/N-ethyl adjacent to an activating group) is 1. The number of hydrogen-bond donors (Lipinski definition) is 0. The van der Waals surface area contributed by atoms with Gasteiger partial charge in [0.1, 0.15) is 11.7 Å². The molecule has 7 nitrogen and oxygen atoms in total. The monoisotopic (exact) mass is 483 g/mol. The zero-order valence-electron chi connectivity index (χ0n) is 20.7. The molecule has 7 heteroatoms. The maximum absolute atomic E-state index is 6.99. The van der Waals surface area contributed by atoms with E-state index < -0.39 is 5.60 Å². The molecule has 6 atom stereocenters. The Bertz CT molecular complexity index is 1420. The molecule has 36 heavy (non-hydrogen) atoms. The molecule has 2 spiro atoms. The summed E-state index contributed by atoms with van der Waals surface area (Å²) in [5, 5.41) is 9.03. The summed E-state index contributed by atoms with van der Waals surface area (Å²) in [5.41, 5.74) is 2.62. The van der Waals surface area contributed by atoms with Gasteiger partial charge in [-0.15, -0.1) is 10.2 Å². The number of rotatable bonds is 4. The quantitative estimate of drug-likeness (QED) is 0.517. The van der Waals surface area contributed by atoms with Crippen LogP contribution in [-0.4, -0.2) is 60.7 Å². The van der Waals surface area contributed by atoms with E-state index in [1.165, 1.54) is 11.1 Å². The molecule has 4 bridgehead atoms. The van der Waals surface area contributed by atoms with E-state index in [1.54, 1.807) is 14.2 Å². The number of benzene rings is 2. The Kier molecular flexibility index (Phi) is 3.95. The first kappa shape index (κ1) is 21.0. The zero-order valence-corrected chi connectivity index (χ0v) is 20.7. The molecule has 6 aliphatic rings. The van der Waals surface area contributed by atoms with Crippen molar-refractivity contribution >= 4 is 0 Å². The number of hydrogen-bond acceptors (Lipinski definition) is 7. The van der Waals surface area contributed by atoms with Gasteiger partial charge in [-0.2, -0.15) is 0 Å². The fourth-order valence-corrected chi connectivity index (χ4v) is 8.56. The Hall–Kier alpha value is -3.16. The van der Waals surface area contributed by atoms with Crippen LogP contribution in [0.3, 0.4) is 0 Å². The van der Waals surface area contributed by atoms with Crippen molar-refractivity contribution < 1.29 is 18.6 Å². The van der Waals surface area contributed by atoms with Gasteiger partial charge in [-0.05, 0) is 56.6 Å². The van der Waals surface area contributed by atoms with Gasteiger partial charge >= 0.3 is 0 Å². The third kappa shape index (κ3) is 2.16. The lowest BCUT2D eigenvalue weighted by atomic mass is 9.37. The number of nitrogens with zero attached hydrogens (tertiary/aromatic N) is 3. The summed E-state index contributed by atoms with van der Waals surface area (Å²) >= 11 is 0. The van der Waals surface area contributed by atoms with Crippen LogP contribution in [0.5, 0.6) is 11.5 Å². The van der Waals surface area contributed by atoms with E-state index in [2.05, 4.69) is 46.4 Å². The van der Waals surface area contributed by atoms with Crippen LogP contribution in [-0.2, 0) is 16.6 Å². The standard InChI is InChI=1S/C29H29N3O4/c1-32-14-13-28-22-18-9-10-20(33-2)23(22)35-26(28)29(34-3)12-11-27(28,21(32)15-18)16-19(29)25-31-30-24(36-25)17-7-5-4-6-8-17/h4-12,19,21,26H,13-16H2,1-3H3/t19-,21+,26-,27+,28-,29+/m0/s1. The normalized spacial score (nSPS) is 37.0. The molecule has 2 aromatic carbocycles. The molecule has 0 radical (unpaired) electrons. The van der Waals surface area contributed by atoms with E-state index in [9.17, 15) is 0 Å². The van der Waals surface area contributed by atoms with Crippen molar-refractivity contribution in [3.63, 3.8) is 0 Å². The molecule has 0 N–H and O–H groups in total. The van der Waals surface area contributed by atoms with Gasteiger partial charge in [0.15, 0.2) is 11.5 Å². The number of ether oxygens (including phenoxy) is 3. The summed E-state index contributed by atoms with van der Waals surface area (Å²) in [6.07, 6.45) is 7.38. The van der Waals surface area contributed by atoms with Crippen LogP contribution < -0.4 is 9.47 Å². The molecule has 0 amide bonds. The van der Waals surface area contributed by atoms with Crippen LogP contribution in [0.4, 0.5) is 0 Å². The zero-order chi connectivity index (χ0) is 24.3. The molecule has 3 aromatic rings. The van der Waals surface area contributed by atoms with E-state index >= 15 is 0 Å². The van der Waals surface area contributed by atoms with Gasteiger partial charge < -0.3 is 23.5 Å². The number of methoxy groups -OCH3 is 2. The fraction of sp³-hybridized carbons (Fsp3) is 0.448. The Balaban J connectivity index is 1.35. The molecule has 4 aliphatic carbocycles. The summed E-state index contributed by atoms with van der Waals surface area (Å²) < 4.78 is 25.7. The average molecular weight is 484 g/mol. The second-order valence-electron chi connectivity index (χ2n) is 11.1. The van der Waals surface area contributed by atoms with Crippen LogP contribution in [0.1, 0.15) is 35.8 Å². The molecule has 2 fully saturated rings. The molecule has 1 aromatic heterocycles. The van der Waals surface area contributed by atoms with Gasteiger partial charge in [0.2, 0.25) is 11.8 Å². The number of piperidine rings is 1. The van der Waals surface area contributed by atoms with Crippen molar-refractivity contribution in [2.75, 3.05) is 27.8 Å². The Morgan fingerprint density at radius 1 is 1.06 bits per heavy atom. The van der Waals surface area contributed by atoms with Crippen molar-refractivity contribution in [1.29, 1.82) is 0 Å². The lowest BCUT2D eigenvalue weighted by Gasteiger charge is -2.70. The summed E-state index contributed by atoms with van der Waals surface area (Å²) in [6.45, 7) is 1.03. The van der Waals surface area contributed by atoms with Crippen molar-refractivity contribution in [2.24, 2.45) is 5.41 Å². The molecule has 9 rings (SSSR count). The molecule has 3 heterocycles. The lowest BCUT2D eigenvalue weighted by molar-refractivity contribution is -0.200. The van der Waals surface area contributed by atoms with Crippen LogP contribution >= 0.6 is 0 Å². The maximum atomic E-state index is 6.99. The van der Waals surface area contributed by atoms with Gasteiger partial charge in [-0.3, -0.25) is 0 Å². The smallest absolute Gasteiger partial charge is 0.247 e. The molecular formula is C29H29N3O4. The second kappa shape index (κ2) is 6.78. The van der Waals surface area contributed by atoms with Crippen molar-refractivity contribution in [3.8, 4) is 23.0 Å². The predicted molar refractivity (Wildman–Crippen MR) is 132 cm³/mol. The highest BCUT2D eigenvalue weighted by Crippen LogP contribution is 2.75. The topological polar surface area (TPSA) is 69.8 Å². The predicted octanol–water partition coefficient (Wildman–Crippen LogP) is 4.13. The summed E-state index contributed by atoms with van der Waals surface area (Å²) in [7, 11) is 5.78. The lowest BCUT2D eigenvalue weighted by Crippen LogP contribution is -2.78. The number of fused-ring (bicyclic) bond motifs is 1. The summed E-state index contributed by atoms with van der Waals surface area (Å²) in [6, 6.07) is 14.6. The molecule has 1 saturated heterocycles. The summed E-state index contributed by atoms with van der Waals surface area (Å²) in [4.78, 5) is 2.54. The SMILES string of the molecule is COc1ccc2c3c1O[C@@H]1[C@@]4(OC)C=C[C@@]5(C[C@H]4c4nnc(-c6ccccc6)o4)[C@@H](C2)N(C)CC[C@]315. The highest BCUT2D eigenvalue weighted by molar-refractivity contribution is 5.66. The Morgan fingerprint density at radius 3 is 2.72 bits per heavy atom.